The van der Waals surface area contributed by atoms with Gasteiger partial charge >= 0.3 is 0 Å². The topological polar surface area (TPSA) is 88.8 Å². The van der Waals surface area contributed by atoms with Crippen molar-refractivity contribution in [2.24, 2.45) is 7.05 Å². The molecule has 0 radical (unpaired) electrons. The fraction of sp³-hybridized carbons (Fsp3) is 0.389. The Balaban J connectivity index is 1.64. The molecule has 0 aliphatic heterocycles. The molecule has 0 unspecified atom stereocenters. The van der Waals surface area contributed by atoms with Crippen LogP contribution in [0.4, 0.5) is 10.8 Å². The molecule has 2 heterocycles. The van der Waals surface area contributed by atoms with Crippen LogP contribution in [0, 0.1) is 6.92 Å². The van der Waals surface area contributed by atoms with Gasteiger partial charge in [0, 0.05) is 31.4 Å². The minimum absolute atomic E-state index is 0.144. The van der Waals surface area contributed by atoms with Crippen molar-refractivity contribution in [3.63, 3.8) is 0 Å². The molecular formula is C18H23N7OS2. The lowest BCUT2D eigenvalue weighted by Gasteiger charge is -2.21. The molecule has 0 spiro atoms. The largest absolute Gasteiger partial charge is 0.372 e. The van der Waals surface area contributed by atoms with Gasteiger partial charge in [-0.2, -0.15) is 0 Å². The molecule has 0 aliphatic carbocycles. The Morgan fingerprint density at radius 2 is 1.86 bits per heavy atom. The molecule has 0 bridgehead atoms. The van der Waals surface area contributed by atoms with Gasteiger partial charge in [0.1, 0.15) is 5.01 Å². The summed E-state index contributed by atoms with van der Waals surface area (Å²) in [6.45, 7) is 8.08. The van der Waals surface area contributed by atoms with Gasteiger partial charge in [0.05, 0.1) is 5.75 Å². The lowest BCUT2D eigenvalue weighted by Crippen LogP contribution is -2.21. The number of anilines is 2. The molecule has 1 aromatic carbocycles. The molecule has 0 aliphatic rings. The van der Waals surface area contributed by atoms with Crippen molar-refractivity contribution in [2.75, 3.05) is 29.1 Å². The van der Waals surface area contributed by atoms with Crippen LogP contribution in [0.2, 0.25) is 0 Å². The number of nitrogens with zero attached hydrogens (tertiary/aromatic N) is 6. The minimum atomic E-state index is -0.144. The Labute approximate surface area is 172 Å². The highest BCUT2D eigenvalue weighted by molar-refractivity contribution is 7.99. The van der Waals surface area contributed by atoms with Gasteiger partial charge in [-0.1, -0.05) is 23.1 Å². The molecule has 0 fully saturated rings. The average molecular weight is 418 g/mol. The second-order valence-corrected chi connectivity index (χ2v) is 8.17. The van der Waals surface area contributed by atoms with Crippen molar-refractivity contribution in [1.82, 2.24) is 25.0 Å². The molecule has 10 heteroatoms. The number of amides is 1. The Bertz CT molecular complexity index is 932. The molecule has 3 aromatic rings. The maximum atomic E-state index is 12.1. The second kappa shape index (κ2) is 9.16. The zero-order valence-electron chi connectivity index (χ0n) is 16.3. The standard InChI is InChI=1S/C18H23N7OS2/c1-5-25(6-2)14-9-7-13(8-10-14)16-21-23-18(24(16)4)27-11-15(26)19-17-22-20-12(3)28-17/h7-10H,5-6,11H2,1-4H3,(H,19,22,26). The molecule has 0 saturated carbocycles. The average Bonchev–Trinajstić information content (AvgIpc) is 3.27. The number of nitrogens with one attached hydrogen (secondary N) is 1. The smallest absolute Gasteiger partial charge is 0.236 e. The number of carbonyl (C=O) groups excluding carboxylic acids is 1. The van der Waals surface area contributed by atoms with Gasteiger partial charge < -0.3 is 9.47 Å². The SMILES string of the molecule is CCN(CC)c1ccc(-c2nnc(SCC(=O)Nc3nnc(C)s3)n2C)cc1. The lowest BCUT2D eigenvalue weighted by molar-refractivity contribution is -0.113. The van der Waals surface area contributed by atoms with Crippen molar-refractivity contribution in [1.29, 1.82) is 0 Å². The summed E-state index contributed by atoms with van der Waals surface area (Å²) < 4.78 is 1.90. The van der Waals surface area contributed by atoms with Gasteiger partial charge in [-0.3, -0.25) is 10.1 Å². The first-order valence-corrected chi connectivity index (χ1v) is 10.8. The van der Waals surface area contributed by atoms with Crippen LogP contribution in [0.1, 0.15) is 18.9 Å². The number of aromatic nitrogens is 5. The zero-order valence-corrected chi connectivity index (χ0v) is 18.0. The quantitative estimate of drug-likeness (QED) is 0.563. The number of thioether (sulfide) groups is 1. The number of hydrogen-bond donors (Lipinski definition) is 1. The van der Waals surface area contributed by atoms with E-state index < -0.39 is 0 Å². The monoisotopic (exact) mass is 417 g/mol. The Morgan fingerprint density at radius 3 is 2.46 bits per heavy atom. The first-order chi connectivity index (χ1) is 13.5. The summed E-state index contributed by atoms with van der Waals surface area (Å²) in [5.41, 5.74) is 2.18. The van der Waals surface area contributed by atoms with Crippen LogP contribution in [0.25, 0.3) is 11.4 Å². The number of aryl methyl sites for hydroxylation is 1. The summed E-state index contributed by atoms with van der Waals surface area (Å²) in [6, 6.07) is 8.30. The Hall–Kier alpha value is -2.46. The zero-order chi connectivity index (χ0) is 20.1. The van der Waals surface area contributed by atoms with E-state index >= 15 is 0 Å². The van der Waals surface area contributed by atoms with Crippen molar-refractivity contribution in [3.8, 4) is 11.4 Å². The number of benzene rings is 1. The summed E-state index contributed by atoms with van der Waals surface area (Å²) in [5, 5.41) is 21.0. The number of carbonyl (C=O) groups is 1. The predicted octanol–water partition coefficient (Wildman–Crippen LogP) is 3.22. The molecule has 8 nitrogen and oxygen atoms in total. The van der Waals surface area contributed by atoms with E-state index in [-0.39, 0.29) is 11.7 Å². The first-order valence-electron chi connectivity index (χ1n) is 8.99. The van der Waals surface area contributed by atoms with Crippen LogP contribution in [0.5, 0.6) is 0 Å². The fourth-order valence-electron chi connectivity index (χ4n) is 2.73. The van der Waals surface area contributed by atoms with Crippen LogP contribution < -0.4 is 10.2 Å². The molecule has 2 aromatic heterocycles. The Kier molecular flexibility index (Phi) is 6.63. The first kappa shape index (κ1) is 20.3. The lowest BCUT2D eigenvalue weighted by atomic mass is 10.2. The van der Waals surface area contributed by atoms with Gasteiger partial charge in [-0.25, -0.2) is 0 Å². The number of hydrogen-bond acceptors (Lipinski definition) is 8. The molecule has 1 N–H and O–H groups in total. The van der Waals surface area contributed by atoms with Gasteiger partial charge in [0.25, 0.3) is 0 Å². The van der Waals surface area contributed by atoms with Crippen LogP contribution in [-0.4, -0.2) is 49.7 Å². The van der Waals surface area contributed by atoms with Gasteiger partial charge in [-0.15, -0.1) is 20.4 Å². The van der Waals surface area contributed by atoms with Crippen molar-refractivity contribution < 1.29 is 4.79 Å². The molecule has 3 rings (SSSR count). The van der Waals surface area contributed by atoms with Crippen LogP contribution in [0.15, 0.2) is 29.4 Å². The van der Waals surface area contributed by atoms with Crippen LogP contribution in [0.3, 0.4) is 0 Å². The molecule has 28 heavy (non-hydrogen) atoms. The summed E-state index contributed by atoms with van der Waals surface area (Å²) in [7, 11) is 1.90. The van der Waals surface area contributed by atoms with Gasteiger partial charge in [-0.05, 0) is 45.0 Å². The van der Waals surface area contributed by atoms with E-state index in [1.165, 1.54) is 28.8 Å². The van der Waals surface area contributed by atoms with E-state index in [0.717, 1.165) is 29.5 Å². The van der Waals surface area contributed by atoms with Crippen molar-refractivity contribution in [2.45, 2.75) is 25.9 Å². The summed E-state index contributed by atoms with van der Waals surface area (Å²) in [5.74, 6) is 0.855. The van der Waals surface area contributed by atoms with Crippen molar-refractivity contribution in [3.05, 3.63) is 29.3 Å². The summed E-state index contributed by atoms with van der Waals surface area (Å²) in [4.78, 5) is 14.4. The maximum Gasteiger partial charge on any atom is 0.236 e. The molecule has 0 atom stereocenters. The third-order valence-corrected chi connectivity index (χ3v) is 5.97. The number of rotatable bonds is 8. The highest BCUT2D eigenvalue weighted by Gasteiger charge is 2.14. The van der Waals surface area contributed by atoms with Crippen LogP contribution in [-0.2, 0) is 11.8 Å². The molecule has 0 saturated heterocycles. The van der Waals surface area contributed by atoms with Crippen molar-refractivity contribution >= 4 is 39.8 Å². The molecule has 148 valence electrons. The van der Waals surface area contributed by atoms with E-state index in [2.05, 4.69) is 68.7 Å². The van der Waals surface area contributed by atoms with Gasteiger partial charge in [0.2, 0.25) is 11.0 Å². The van der Waals surface area contributed by atoms with E-state index in [4.69, 9.17) is 0 Å². The second-order valence-electron chi connectivity index (χ2n) is 6.05. The van der Waals surface area contributed by atoms with E-state index in [0.29, 0.717) is 10.3 Å². The van der Waals surface area contributed by atoms with E-state index in [1.54, 1.807) is 0 Å². The Morgan fingerprint density at radius 1 is 1.14 bits per heavy atom. The van der Waals surface area contributed by atoms with E-state index in [1.807, 2.05) is 18.5 Å². The molecule has 1 amide bonds. The van der Waals surface area contributed by atoms with Gasteiger partial charge in [0.15, 0.2) is 11.0 Å². The highest BCUT2D eigenvalue weighted by atomic mass is 32.2. The fourth-order valence-corrected chi connectivity index (χ4v) is 4.05. The third-order valence-electron chi connectivity index (χ3n) is 4.19. The summed E-state index contributed by atoms with van der Waals surface area (Å²) in [6.07, 6.45) is 0. The third kappa shape index (κ3) is 4.68. The maximum absolute atomic E-state index is 12.1. The normalized spacial score (nSPS) is 10.9. The summed E-state index contributed by atoms with van der Waals surface area (Å²) >= 11 is 2.69. The molecular weight excluding hydrogens is 394 g/mol. The van der Waals surface area contributed by atoms with Crippen LogP contribution >= 0.6 is 23.1 Å². The predicted molar refractivity (Wildman–Crippen MR) is 114 cm³/mol. The minimum Gasteiger partial charge on any atom is -0.372 e. The van der Waals surface area contributed by atoms with E-state index in [9.17, 15) is 4.79 Å². The highest BCUT2D eigenvalue weighted by Crippen LogP contribution is 2.25.